The minimum absolute atomic E-state index is 0.783. The Labute approximate surface area is 242 Å². The maximum atomic E-state index is 6.04. The summed E-state index contributed by atoms with van der Waals surface area (Å²) in [6.45, 7) is 1.57. The van der Waals surface area contributed by atoms with Gasteiger partial charge in [0.2, 0.25) is 0 Å². The molecule has 0 saturated heterocycles. The highest BCUT2D eigenvalue weighted by molar-refractivity contribution is 9.10. The van der Waals surface area contributed by atoms with Crippen LogP contribution in [0, 0.1) is 0 Å². The van der Waals surface area contributed by atoms with Gasteiger partial charge in [-0.05, 0) is 53.7 Å². The SMILES string of the molecule is BrCCCCCCCCCCCCOc1cccc(OCCCCCCCCCCCCBr)c1Br. The van der Waals surface area contributed by atoms with Crippen molar-refractivity contribution < 1.29 is 9.47 Å². The third kappa shape index (κ3) is 20.0. The number of ether oxygens (including phenoxy) is 2. The van der Waals surface area contributed by atoms with Crippen LogP contribution in [0.25, 0.3) is 0 Å². The zero-order chi connectivity index (χ0) is 25.2. The molecule has 5 heteroatoms. The summed E-state index contributed by atoms with van der Waals surface area (Å²) in [6.07, 6.45) is 26.7. The first-order valence-corrected chi connectivity index (χ1v) is 17.5. The summed E-state index contributed by atoms with van der Waals surface area (Å²) in [4.78, 5) is 0. The maximum absolute atomic E-state index is 6.04. The molecular weight excluding hydrogens is 632 g/mol. The average molecular weight is 683 g/mol. The molecule has 0 amide bonds. The number of unbranched alkanes of at least 4 members (excludes halogenated alkanes) is 18. The molecule has 0 N–H and O–H groups in total. The van der Waals surface area contributed by atoms with Gasteiger partial charge in [-0.25, -0.2) is 0 Å². The van der Waals surface area contributed by atoms with Crippen molar-refractivity contribution >= 4 is 47.8 Å². The average Bonchev–Trinajstić information content (AvgIpc) is 2.87. The molecule has 0 fully saturated rings. The van der Waals surface area contributed by atoms with Crippen LogP contribution in [0.1, 0.15) is 128 Å². The van der Waals surface area contributed by atoms with Gasteiger partial charge in [-0.3, -0.25) is 0 Å². The second-order valence-electron chi connectivity index (χ2n) is 9.71. The molecular formula is C30H51Br3O2. The molecule has 0 unspecified atom stereocenters. The minimum Gasteiger partial charge on any atom is -0.492 e. The van der Waals surface area contributed by atoms with Gasteiger partial charge in [0, 0.05) is 10.7 Å². The van der Waals surface area contributed by atoms with Gasteiger partial charge in [0.15, 0.2) is 0 Å². The van der Waals surface area contributed by atoms with Gasteiger partial charge in [-0.15, -0.1) is 0 Å². The van der Waals surface area contributed by atoms with E-state index in [2.05, 4.69) is 47.8 Å². The molecule has 0 spiro atoms. The van der Waals surface area contributed by atoms with Crippen LogP contribution in [0.15, 0.2) is 22.7 Å². The quantitative estimate of drug-likeness (QED) is 0.0715. The summed E-state index contributed by atoms with van der Waals surface area (Å²) in [5.74, 6) is 1.81. The summed E-state index contributed by atoms with van der Waals surface area (Å²) in [7, 11) is 0. The van der Waals surface area contributed by atoms with E-state index < -0.39 is 0 Å². The van der Waals surface area contributed by atoms with Gasteiger partial charge in [0.05, 0.1) is 13.2 Å². The van der Waals surface area contributed by atoms with Crippen molar-refractivity contribution in [1.82, 2.24) is 0 Å². The van der Waals surface area contributed by atoms with E-state index in [-0.39, 0.29) is 0 Å². The molecule has 35 heavy (non-hydrogen) atoms. The van der Waals surface area contributed by atoms with Crippen molar-refractivity contribution in [3.63, 3.8) is 0 Å². The van der Waals surface area contributed by atoms with Crippen LogP contribution in [-0.4, -0.2) is 23.9 Å². The van der Waals surface area contributed by atoms with E-state index in [1.165, 1.54) is 116 Å². The van der Waals surface area contributed by atoms with Gasteiger partial charge in [0.1, 0.15) is 16.0 Å². The Morgan fingerprint density at radius 1 is 0.429 bits per heavy atom. The van der Waals surface area contributed by atoms with Crippen LogP contribution < -0.4 is 9.47 Å². The predicted octanol–water partition coefficient (Wildman–Crippen LogP) is 11.8. The van der Waals surface area contributed by atoms with E-state index in [9.17, 15) is 0 Å². The smallest absolute Gasteiger partial charge is 0.137 e. The molecule has 1 rings (SSSR count). The van der Waals surface area contributed by atoms with Crippen LogP contribution >= 0.6 is 47.8 Å². The Kier molecular flexibility index (Phi) is 24.6. The summed E-state index contributed by atoms with van der Waals surface area (Å²) >= 11 is 10.7. The first kappa shape index (κ1) is 33.3. The predicted molar refractivity (Wildman–Crippen MR) is 165 cm³/mol. The summed E-state index contributed by atoms with van der Waals surface area (Å²) in [5.41, 5.74) is 0. The van der Waals surface area contributed by atoms with Crippen LogP contribution in [0.2, 0.25) is 0 Å². The van der Waals surface area contributed by atoms with E-state index in [0.717, 1.165) is 52.7 Å². The Morgan fingerprint density at radius 3 is 1.03 bits per heavy atom. The fourth-order valence-corrected chi connectivity index (χ4v) is 5.59. The largest absolute Gasteiger partial charge is 0.492 e. The standard InChI is InChI=1S/C30H51Br3O2/c31-24-17-13-9-5-1-3-7-11-15-19-26-34-28-22-21-23-29(30(28)33)35-27-20-16-12-8-4-2-6-10-14-18-25-32/h21-23H,1-20,24-27H2. The molecule has 0 heterocycles. The lowest BCUT2D eigenvalue weighted by molar-refractivity contribution is 0.286. The second kappa shape index (κ2) is 25.9. The van der Waals surface area contributed by atoms with Gasteiger partial charge in [-0.2, -0.15) is 0 Å². The van der Waals surface area contributed by atoms with Crippen molar-refractivity contribution in [1.29, 1.82) is 0 Å². The molecule has 0 aromatic heterocycles. The Bertz CT molecular complexity index is 536. The molecule has 0 aliphatic heterocycles. The number of alkyl halides is 2. The van der Waals surface area contributed by atoms with E-state index in [1.54, 1.807) is 0 Å². The molecule has 0 saturated carbocycles. The molecule has 2 nitrogen and oxygen atoms in total. The van der Waals surface area contributed by atoms with Crippen LogP contribution in [-0.2, 0) is 0 Å². The highest BCUT2D eigenvalue weighted by Gasteiger charge is 2.08. The van der Waals surface area contributed by atoms with E-state index in [4.69, 9.17) is 9.47 Å². The summed E-state index contributed by atoms with van der Waals surface area (Å²) in [6, 6.07) is 6.10. The molecule has 1 aromatic carbocycles. The minimum atomic E-state index is 0.783. The van der Waals surface area contributed by atoms with Gasteiger partial charge in [0.25, 0.3) is 0 Å². The van der Waals surface area contributed by atoms with Crippen LogP contribution in [0.5, 0.6) is 11.5 Å². The van der Waals surface area contributed by atoms with Gasteiger partial charge < -0.3 is 9.47 Å². The number of hydrogen-bond donors (Lipinski definition) is 0. The third-order valence-corrected chi connectivity index (χ3v) is 8.40. The number of hydrogen-bond acceptors (Lipinski definition) is 2. The van der Waals surface area contributed by atoms with Crippen molar-refractivity contribution in [2.75, 3.05) is 23.9 Å². The normalized spacial score (nSPS) is 11.2. The molecule has 0 aliphatic rings. The highest BCUT2D eigenvalue weighted by Crippen LogP contribution is 2.34. The molecule has 204 valence electrons. The molecule has 1 aromatic rings. The maximum Gasteiger partial charge on any atom is 0.137 e. The summed E-state index contributed by atoms with van der Waals surface area (Å²) in [5, 5.41) is 2.31. The lowest BCUT2D eigenvalue weighted by atomic mass is 10.1. The Hall–Kier alpha value is 0.260. The van der Waals surface area contributed by atoms with E-state index >= 15 is 0 Å². The molecule has 0 atom stereocenters. The summed E-state index contributed by atoms with van der Waals surface area (Å²) < 4.78 is 13.0. The Balaban J connectivity index is 2.00. The first-order valence-electron chi connectivity index (χ1n) is 14.5. The first-order chi connectivity index (χ1) is 17.3. The zero-order valence-corrected chi connectivity index (χ0v) is 26.9. The van der Waals surface area contributed by atoms with Crippen molar-refractivity contribution in [2.24, 2.45) is 0 Å². The lowest BCUT2D eigenvalue weighted by Crippen LogP contribution is -2.01. The number of benzene rings is 1. The number of halogens is 3. The van der Waals surface area contributed by atoms with Crippen LogP contribution in [0.4, 0.5) is 0 Å². The van der Waals surface area contributed by atoms with Crippen molar-refractivity contribution in [3.05, 3.63) is 22.7 Å². The van der Waals surface area contributed by atoms with Crippen molar-refractivity contribution in [2.45, 2.75) is 128 Å². The van der Waals surface area contributed by atoms with E-state index in [1.807, 2.05) is 18.2 Å². The zero-order valence-electron chi connectivity index (χ0n) is 22.2. The van der Waals surface area contributed by atoms with Crippen molar-refractivity contribution in [3.8, 4) is 11.5 Å². The Morgan fingerprint density at radius 2 is 0.714 bits per heavy atom. The van der Waals surface area contributed by atoms with Crippen LogP contribution in [0.3, 0.4) is 0 Å². The third-order valence-electron chi connectivity index (χ3n) is 6.50. The van der Waals surface area contributed by atoms with Gasteiger partial charge in [-0.1, -0.05) is 141 Å². The molecule has 0 radical (unpaired) electrons. The fraction of sp³-hybridized carbons (Fsp3) is 0.800. The molecule has 0 aliphatic carbocycles. The lowest BCUT2D eigenvalue weighted by Gasteiger charge is -2.13. The van der Waals surface area contributed by atoms with Gasteiger partial charge >= 0.3 is 0 Å². The topological polar surface area (TPSA) is 18.5 Å². The molecule has 0 bridgehead atoms. The monoisotopic (exact) mass is 680 g/mol. The highest BCUT2D eigenvalue weighted by atomic mass is 79.9. The fourth-order valence-electron chi connectivity index (χ4n) is 4.30. The van der Waals surface area contributed by atoms with E-state index in [0.29, 0.717) is 0 Å². The number of rotatable bonds is 26. The second-order valence-corrected chi connectivity index (χ2v) is 12.1.